The maximum Gasteiger partial charge on any atom is 0.245 e. The number of aromatic nitrogens is 2. The highest BCUT2D eigenvalue weighted by molar-refractivity contribution is 5.69. The summed E-state index contributed by atoms with van der Waals surface area (Å²) in [6.45, 7) is 4.76. The lowest BCUT2D eigenvalue weighted by atomic mass is 10.6. The van der Waals surface area contributed by atoms with Crippen LogP contribution in [0.2, 0.25) is 0 Å². The minimum Gasteiger partial charge on any atom is -0.335 e. The van der Waals surface area contributed by atoms with E-state index in [2.05, 4.69) is 4.98 Å². The Bertz CT molecular complexity index is 279. The average Bonchev–Trinajstić information content (AvgIpc) is 2.65. The van der Waals surface area contributed by atoms with Crippen LogP contribution in [0.1, 0.15) is 30.9 Å². The summed E-state index contributed by atoms with van der Waals surface area (Å²) in [5, 5.41) is 0. The molecule has 0 unspecified atom stereocenters. The Morgan fingerprint density at radius 1 is 1.50 bits per heavy atom. The molecule has 5 heteroatoms. The minimum absolute atomic E-state index is 0.303. The first-order valence-electron chi connectivity index (χ1n) is 4.54. The number of nitrogens with zero attached hydrogens (tertiary/aromatic N) is 2. The number of aldehydes is 1. The van der Waals surface area contributed by atoms with Crippen molar-refractivity contribution >= 4 is 6.29 Å². The first kappa shape index (κ1) is 10.9. The van der Waals surface area contributed by atoms with Crippen molar-refractivity contribution < 1.29 is 14.3 Å². The molecule has 0 saturated carbocycles. The van der Waals surface area contributed by atoms with Crippen LogP contribution in [0.5, 0.6) is 0 Å². The molecule has 0 spiro atoms. The Morgan fingerprint density at radius 2 is 2.14 bits per heavy atom. The van der Waals surface area contributed by atoms with Crippen molar-refractivity contribution in [3.8, 4) is 0 Å². The van der Waals surface area contributed by atoms with Gasteiger partial charge in [0.1, 0.15) is 0 Å². The molecular weight excluding hydrogens is 184 g/mol. The van der Waals surface area contributed by atoms with Crippen LogP contribution < -0.4 is 0 Å². The fraction of sp³-hybridized carbons (Fsp3) is 0.556. The zero-order valence-electron chi connectivity index (χ0n) is 8.34. The summed E-state index contributed by atoms with van der Waals surface area (Å²) >= 11 is 0. The van der Waals surface area contributed by atoms with Crippen molar-refractivity contribution in [2.75, 3.05) is 13.2 Å². The predicted octanol–water partition coefficient (Wildman–Crippen LogP) is 1.22. The van der Waals surface area contributed by atoms with Gasteiger partial charge in [0.25, 0.3) is 0 Å². The van der Waals surface area contributed by atoms with E-state index in [1.807, 2.05) is 13.8 Å². The lowest BCUT2D eigenvalue weighted by molar-refractivity contribution is -0.186. The highest BCUT2D eigenvalue weighted by Gasteiger charge is 2.13. The molecule has 1 heterocycles. The van der Waals surface area contributed by atoms with Gasteiger partial charge in [-0.2, -0.15) is 0 Å². The first-order valence-corrected chi connectivity index (χ1v) is 4.54. The van der Waals surface area contributed by atoms with Crippen molar-refractivity contribution in [2.45, 2.75) is 20.3 Å². The second kappa shape index (κ2) is 5.51. The molecule has 78 valence electrons. The second-order valence-electron chi connectivity index (χ2n) is 2.53. The Labute approximate surface area is 82.6 Å². The molecule has 0 aliphatic heterocycles. The minimum atomic E-state index is -0.562. The van der Waals surface area contributed by atoms with E-state index in [-0.39, 0.29) is 0 Å². The zero-order valence-corrected chi connectivity index (χ0v) is 8.34. The van der Waals surface area contributed by atoms with Crippen LogP contribution >= 0.6 is 0 Å². The maximum atomic E-state index is 10.6. The Hall–Kier alpha value is -1.20. The number of hydrogen-bond acceptors (Lipinski definition) is 4. The molecule has 0 radical (unpaired) electrons. The van der Waals surface area contributed by atoms with E-state index >= 15 is 0 Å². The van der Waals surface area contributed by atoms with Gasteiger partial charge in [0.15, 0.2) is 12.1 Å². The molecule has 1 aromatic heterocycles. The number of imidazole rings is 1. The van der Waals surface area contributed by atoms with Crippen molar-refractivity contribution in [3.63, 3.8) is 0 Å². The van der Waals surface area contributed by atoms with E-state index in [1.165, 1.54) is 6.20 Å². The molecule has 0 fully saturated rings. The van der Waals surface area contributed by atoms with Gasteiger partial charge in [0, 0.05) is 25.6 Å². The lowest BCUT2D eigenvalue weighted by Gasteiger charge is -2.18. The van der Waals surface area contributed by atoms with E-state index in [4.69, 9.17) is 9.47 Å². The number of rotatable bonds is 6. The lowest BCUT2D eigenvalue weighted by Crippen LogP contribution is -2.18. The van der Waals surface area contributed by atoms with Crippen LogP contribution in [-0.4, -0.2) is 29.1 Å². The zero-order chi connectivity index (χ0) is 10.4. The summed E-state index contributed by atoms with van der Waals surface area (Å²) in [4.78, 5) is 14.5. The molecule has 1 rings (SSSR count). The molecule has 0 atom stereocenters. The van der Waals surface area contributed by atoms with Crippen LogP contribution in [-0.2, 0) is 9.47 Å². The smallest absolute Gasteiger partial charge is 0.245 e. The molecule has 0 bridgehead atoms. The van der Waals surface area contributed by atoms with Gasteiger partial charge in [0.05, 0.1) is 0 Å². The van der Waals surface area contributed by atoms with E-state index in [9.17, 15) is 4.79 Å². The van der Waals surface area contributed by atoms with Crippen LogP contribution in [0.3, 0.4) is 0 Å². The first-order chi connectivity index (χ1) is 6.83. The highest BCUT2D eigenvalue weighted by atomic mass is 16.7. The molecule has 0 N–H and O–H groups in total. The highest BCUT2D eigenvalue weighted by Crippen LogP contribution is 2.11. The Balaban J connectivity index is 2.80. The largest absolute Gasteiger partial charge is 0.335 e. The maximum absolute atomic E-state index is 10.6. The Kier molecular flexibility index (Phi) is 4.28. The van der Waals surface area contributed by atoms with Gasteiger partial charge in [-0.05, 0) is 13.8 Å². The molecule has 5 nitrogen and oxygen atoms in total. The molecule has 0 aliphatic rings. The third-order valence-corrected chi connectivity index (χ3v) is 1.65. The van der Waals surface area contributed by atoms with E-state index in [0.29, 0.717) is 25.3 Å². The fourth-order valence-corrected chi connectivity index (χ4v) is 1.09. The standard InChI is InChI=1S/C9H14N2O3/c1-3-13-9(14-4-2)11-6-5-10-8(11)7-12/h5-7,9H,3-4H2,1-2H3. The quantitative estimate of drug-likeness (QED) is 0.509. The third kappa shape index (κ3) is 2.40. The normalized spacial score (nSPS) is 10.8. The summed E-state index contributed by atoms with van der Waals surface area (Å²) in [7, 11) is 0. The van der Waals surface area contributed by atoms with E-state index in [1.54, 1.807) is 10.8 Å². The van der Waals surface area contributed by atoms with Crippen LogP contribution in [0.4, 0.5) is 0 Å². The second-order valence-corrected chi connectivity index (χ2v) is 2.53. The SMILES string of the molecule is CCOC(OCC)n1ccnc1C=O. The molecule has 0 aromatic carbocycles. The third-order valence-electron chi connectivity index (χ3n) is 1.65. The van der Waals surface area contributed by atoms with Crippen molar-refractivity contribution in [1.82, 2.24) is 9.55 Å². The molecule has 0 aliphatic carbocycles. The Morgan fingerprint density at radius 3 is 2.64 bits per heavy atom. The molecule has 14 heavy (non-hydrogen) atoms. The summed E-state index contributed by atoms with van der Waals surface area (Å²) in [6, 6.07) is 0. The van der Waals surface area contributed by atoms with E-state index < -0.39 is 6.41 Å². The molecule has 0 saturated heterocycles. The van der Waals surface area contributed by atoms with Gasteiger partial charge >= 0.3 is 0 Å². The topological polar surface area (TPSA) is 53.4 Å². The van der Waals surface area contributed by atoms with Gasteiger partial charge in [-0.15, -0.1) is 0 Å². The number of carbonyl (C=O) groups is 1. The van der Waals surface area contributed by atoms with E-state index in [0.717, 1.165) is 0 Å². The summed E-state index contributed by atoms with van der Waals surface area (Å²) < 4.78 is 12.2. The monoisotopic (exact) mass is 198 g/mol. The summed E-state index contributed by atoms with van der Waals surface area (Å²) in [5.74, 6) is 0.303. The van der Waals surface area contributed by atoms with Gasteiger partial charge < -0.3 is 9.47 Å². The van der Waals surface area contributed by atoms with Gasteiger partial charge in [0.2, 0.25) is 6.41 Å². The fourth-order valence-electron chi connectivity index (χ4n) is 1.09. The van der Waals surface area contributed by atoms with Crippen molar-refractivity contribution in [1.29, 1.82) is 0 Å². The molecule has 1 aromatic rings. The molecule has 0 amide bonds. The summed E-state index contributed by atoms with van der Waals surface area (Å²) in [6.07, 6.45) is 3.30. The summed E-state index contributed by atoms with van der Waals surface area (Å²) in [5.41, 5.74) is 0. The number of carbonyl (C=O) groups excluding carboxylic acids is 1. The van der Waals surface area contributed by atoms with Crippen LogP contribution in [0.25, 0.3) is 0 Å². The van der Waals surface area contributed by atoms with Gasteiger partial charge in [-0.25, -0.2) is 4.98 Å². The van der Waals surface area contributed by atoms with Crippen molar-refractivity contribution in [2.24, 2.45) is 0 Å². The van der Waals surface area contributed by atoms with Crippen molar-refractivity contribution in [3.05, 3.63) is 18.2 Å². The average molecular weight is 198 g/mol. The van der Waals surface area contributed by atoms with Crippen LogP contribution in [0, 0.1) is 0 Å². The van der Waals surface area contributed by atoms with Gasteiger partial charge in [-0.1, -0.05) is 0 Å². The predicted molar refractivity (Wildman–Crippen MR) is 49.9 cm³/mol. The number of ether oxygens (including phenoxy) is 2. The van der Waals surface area contributed by atoms with Crippen LogP contribution in [0.15, 0.2) is 12.4 Å². The number of hydrogen-bond donors (Lipinski definition) is 0. The molecular formula is C9H14N2O3. The van der Waals surface area contributed by atoms with Gasteiger partial charge in [-0.3, -0.25) is 9.36 Å².